The van der Waals surface area contributed by atoms with Gasteiger partial charge in [0.25, 0.3) is 0 Å². The van der Waals surface area contributed by atoms with Crippen molar-refractivity contribution in [3.05, 3.63) is 146 Å². The third kappa shape index (κ3) is 5.52. The zero-order chi connectivity index (χ0) is 27.3. The Balaban J connectivity index is 1.28. The first-order chi connectivity index (χ1) is 19.6. The Kier molecular flexibility index (Phi) is 6.89. The second-order valence-corrected chi connectivity index (χ2v) is 9.33. The summed E-state index contributed by atoms with van der Waals surface area (Å²) in [6.45, 7) is 0. The lowest BCUT2D eigenvalue weighted by molar-refractivity contribution is 0.464. The van der Waals surface area contributed by atoms with Gasteiger partial charge in [-0.1, -0.05) is 72.8 Å². The van der Waals surface area contributed by atoms with Crippen molar-refractivity contribution < 1.29 is 19.7 Å². The monoisotopic (exact) mass is 522 g/mol. The van der Waals surface area contributed by atoms with Crippen LogP contribution >= 0.6 is 0 Å². The third-order valence-electron chi connectivity index (χ3n) is 6.62. The largest absolute Gasteiger partial charge is 0.508 e. The number of aromatic hydroxyl groups is 2. The van der Waals surface area contributed by atoms with E-state index in [1.54, 1.807) is 48.5 Å². The van der Waals surface area contributed by atoms with Crippen LogP contribution in [0.1, 0.15) is 0 Å². The van der Waals surface area contributed by atoms with Crippen molar-refractivity contribution in [2.75, 3.05) is 0 Å². The maximum absolute atomic E-state index is 9.50. The van der Waals surface area contributed by atoms with Crippen molar-refractivity contribution in [1.29, 1.82) is 0 Å². The minimum absolute atomic E-state index is 0.206. The Morgan fingerprint density at radius 3 is 0.900 bits per heavy atom. The molecular weight excluding hydrogens is 496 g/mol. The molecular formula is C36H26O4. The van der Waals surface area contributed by atoms with Crippen molar-refractivity contribution in [2.45, 2.75) is 0 Å². The molecule has 0 amide bonds. The second kappa shape index (κ2) is 11.1. The summed E-state index contributed by atoms with van der Waals surface area (Å²) in [5.74, 6) is 3.19. The first-order valence-electron chi connectivity index (χ1n) is 13.0. The van der Waals surface area contributed by atoms with Gasteiger partial charge in [0, 0.05) is 0 Å². The van der Waals surface area contributed by atoms with Crippen LogP contribution in [0.2, 0.25) is 0 Å². The lowest BCUT2D eigenvalue weighted by Gasteiger charge is -2.15. The van der Waals surface area contributed by atoms with Crippen LogP contribution < -0.4 is 9.47 Å². The van der Waals surface area contributed by atoms with Crippen LogP contribution in [0.3, 0.4) is 0 Å². The molecule has 0 radical (unpaired) electrons. The van der Waals surface area contributed by atoms with Crippen LogP contribution in [0.25, 0.3) is 33.4 Å². The molecule has 6 aromatic rings. The number of ether oxygens (including phenoxy) is 2. The lowest BCUT2D eigenvalue weighted by atomic mass is 9.89. The molecule has 0 unspecified atom stereocenters. The molecule has 0 aliphatic rings. The Hall–Kier alpha value is -5.48. The summed E-state index contributed by atoms with van der Waals surface area (Å²) in [6.07, 6.45) is 0. The van der Waals surface area contributed by atoms with Crippen molar-refractivity contribution in [3.8, 4) is 67.9 Å². The van der Waals surface area contributed by atoms with Crippen LogP contribution in [-0.4, -0.2) is 10.2 Å². The van der Waals surface area contributed by atoms with Gasteiger partial charge in [-0.2, -0.15) is 0 Å². The fraction of sp³-hybridized carbons (Fsp3) is 0. The molecule has 0 saturated carbocycles. The number of phenolic OH excluding ortho intramolecular Hbond substituents is 2. The van der Waals surface area contributed by atoms with Crippen LogP contribution in [0.5, 0.6) is 34.5 Å². The highest BCUT2D eigenvalue weighted by Crippen LogP contribution is 2.39. The van der Waals surface area contributed by atoms with E-state index in [1.807, 2.05) is 24.3 Å². The molecule has 0 bridgehead atoms. The summed E-state index contributed by atoms with van der Waals surface area (Å²) in [6, 6.07) is 46.2. The van der Waals surface area contributed by atoms with E-state index in [0.29, 0.717) is 11.5 Å². The zero-order valence-corrected chi connectivity index (χ0v) is 21.6. The molecule has 0 heterocycles. The van der Waals surface area contributed by atoms with Gasteiger partial charge in [0.15, 0.2) is 0 Å². The fourth-order valence-corrected chi connectivity index (χ4v) is 4.65. The van der Waals surface area contributed by atoms with Crippen molar-refractivity contribution in [2.24, 2.45) is 0 Å². The molecule has 6 aromatic carbocycles. The normalized spacial score (nSPS) is 10.7. The first-order valence-corrected chi connectivity index (χ1v) is 13.0. The summed E-state index contributed by atoms with van der Waals surface area (Å²) in [4.78, 5) is 0. The molecule has 0 aliphatic carbocycles. The van der Waals surface area contributed by atoms with E-state index in [-0.39, 0.29) is 11.5 Å². The van der Waals surface area contributed by atoms with Crippen LogP contribution in [0.15, 0.2) is 146 Å². The highest BCUT2D eigenvalue weighted by Gasteiger charge is 2.13. The Morgan fingerprint density at radius 2 is 0.575 bits per heavy atom. The first kappa shape index (κ1) is 24.8. The van der Waals surface area contributed by atoms with Gasteiger partial charge in [0.05, 0.1) is 0 Å². The molecule has 0 aromatic heterocycles. The van der Waals surface area contributed by atoms with E-state index >= 15 is 0 Å². The summed E-state index contributed by atoms with van der Waals surface area (Å²) in [5, 5.41) is 19.0. The Bertz CT molecular complexity index is 1590. The van der Waals surface area contributed by atoms with Gasteiger partial charge in [0.1, 0.15) is 34.5 Å². The standard InChI is InChI=1S/C36H26O4/c37-27-13-21-31(22-14-27)39-29-17-9-25(10-18-29)33-5-1-3-7-35(33)36-8-4-2-6-34(36)26-11-19-30(20-12-26)40-32-23-15-28(38)16-24-32/h1-24,37-38H. The third-order valence-corrected chi connectivity index (χ3v) is 6.62. The molecule has 0 spiro atoms. The summed E-state index contributed by atoms with van der Waals surface area (Å²) < 4.78 is 11.9. The van der Waals surface area contributed by atoms with Gasteiger partial charge in [-0.05, 0) is 106 Å². The zero-order valence-electron chi connectivity index (χ0n) is 21.6. The number of hydrogen-bond acceptors (Lipinski definition) is 4. The maximum atomic E-state index is 9.50. The highest BCUT2D eigenvalue weighted by molar-refractivity contribution is 5.91. The van der Waals surface area contributed by atoms with Gasteiger partial charge in [0.2, 0.25) is 0 Å². The van der Waals surface area contributed by atoms with E-state index in [1.165, 1.54) is 0 Å². The number of hydrogen-bond donors (Lipinski definition) is 2. The Labute approximate surface area is 233 Å². The molecule has 0 fully saturated rings. The molecule has 0 saturated heterocycles. The minimum atomic E-state index is 0.206. The molecule has 4 heteroatoms. The van der Waals surface area contributed by atoms with E-state index < -0.39 is 0 Å². The van der Waals surface area contributed by atoms with Crippen LogP contribution in [0, 0.1) is 0 Å². The minimum Gasteiger partial charge on any atom is -0.508 e. The summed E-state index contributed by atoms with van der Waals surface area (Å²) in [5.41, 5.74) is 6.68. The fourth-order valence-electron chi connectivity index (χ4n) is 4.65. The molecule has 4 nitrogen and oxygen atoms in total. The van der Waals surface area contributed by atoms with Crippen molar-refractivity contribution in [3.63, 3.8) is 0 Å². The molecule has 0 aliphatic heterocycles. The van der Waals surface area contributed by atoms with E-state index in [2.05, 4.69) is 72.8 Å². The van der Waals surface area contributed by atoms with E-state index in [0.717, 1.165) is 44.9 Å². The van der Waals surface area contributed by atoms with Gasteiger partial charge >= 0.3 is 0 Å². The quantitative estimate of drug-likeness (QED) is 0.219. The van der Waals surface area contributed by atoms with Crippen LogP contribution in [-0.2, 0) is 0 Å². The molecule has 40 heavy (non-hydrogen) atoms. The number of benzene rings is 6. The average Bonchev–Trinajstić information content (AvgIpc) is 3.00. The lowest BCUT2D eigenvalue weighted by Crippen LogP contribution is -1.90. The Morgan fingerprint density at radius 1 is 0.300 bits per heavy atom. The van der Waals surface area contributed by atoms with Gasteiger partial charge < -0.3 is 19.7 Å². The number of rotatable bonds is 7. The van der Waals surface area contributed by atoms with E-state index in [4.69, 9.17) is 9.47 Å². The molecule has 0 atom stereocenters. The summed E-state index contributed by atoms with van der Waals surface area (Å²) >= 11 is 0. The highest BCUT2D eigenvalue weighted by atomic mass is 16.5. The second-order valence-electron chi connectivity index (χ2n) is 9.33. The van der Waals surface area contributed by atoms with Crippen molar-refractivity contribution >= 4 is 0 Å². The molecule has 6 rings (SSSR count). The van der Waals surface area contributed by atoms with Crippen molar-refractivity contribution in [1.82, 2.24) is 0 Å². The molecule has 194 valence electrons. The average molecular weight is 523 g/mol. The summed E-state index contributed by atoms with van der Waals surface area (Å²) in [7, 11) is 0. The SMILES string of the molecule is Oc1ccc(Oc2ccc(-c3ccccc3-c3ccccc3-c3ccc(Oc4ccc(O)cc4)cc3)cc2)cc1. The van der Waals surface area contributed by atoms with Crippen LogP contribution in [0.4, 0.5) is 0 Å². The van der Waals surface area contributed by atoms with E-state index in [9.17, 15) is 10.2 Å². The predicted octanol–water partition coefficient (Wildman–Crippen LogP) is 9.68. The topological polar surface area (TPSA) is 58.9 Å². The maximum Gasteiger partial charge on any atom is 0.127 e. The van der Waals surface area contributed by atoms with Gasteiger partial charge in [-0.25, -0.2) is 0 Å². The molecule has 2 N–H and O–H groups in total. The van der Waals surface area contributed by atoms with Gasteiger partial charge in [-0.3, -0.25) is 0 Å². The number of phenols is 2. The smallest absolute Gasteiger partial charge is 0.127 e. The predicted molar refractivity (Wildman–Crippen MR) is 159 cm³/mol. The van der Waals surface area contributed by atoms with Gasteiger partial charge in [-0.15, -0.1) is 0 Å².